The molecule has 0 fully saturated rings. The van der Waals surface area contributed by atoms with E-state index in [9.17, 15) is 0 Å². The number of nitrogens with zero attached hydrogens (tertiary/aromatic N) is 1. The van der Waals surface area contributed by atoms with Gasteiger partial charge in [0.2, 0.25) is 0 Å². The fourth-order valence-corrected chi connectivity index (χ4v) is 2.76. The Bertz CT molecular complexity index is 536. The van der Waals surface area contributed by atoms with Crippen molar-refractivity contribution in [1.29, 1.82) is 0 Å². The molecule has 2 aromatic rings. The smallest absolute Gasteiger partial charge is 0.105 e. The average Bonchev–Trinajstić information content (AvgIpc) is 2.86. The summed E-state index contributed by atoms with van der Waals surface area (Å²) in [5.74, 6) is 0.977. The van der Waals surface area contributed by atoms with E-state index in [0.717, 1.165) is 12.3 Å². The molecule has 0 aliphatic heterocycles. The summed E-state index contributed by atoms with van der Waals surface area (Å²) in [4.78, 5) is 3.55. The molecule has 1 unspecified atom stereocenters. The summed E-state index contributed by atoms with van der Waals surface area (Å²) in [6.07, 6.45) is 3.83. The Kier molecular flexibility index (Phi) is 5.29. The minimum atomic E-state index is 0.222. The number of furan rings is 1. The maximum Gasteiger partial charge on any atom is 0.105 e. The van der Waals surface area contributed by atoms with E-state index in [2.05, 4.69) is 42.5 Å². The van der Waals surface area contributed by atoms with Crippen molar-refractivity contribution in [3.8, 4) is 0 Å². The first kappa shape index (κ1) is 15.2. The van der Waals surface area contributed by atoms with Crippen LogP contribution in [-0.2, 0) is 6.54 Å². The van der Waals surface area contributed by atoms with Gasteiger partial charge in [-0.2, -0.15) is 0 Å². The predicted octanol–water partition coefficient (Wildman–Crippen LogP) is 3.44. The summed E-state index contributed by atoms with van der Waals surface area (Å²) in [5, 5.41) is 0. The predicted molar refractivity (Wildman–Crippen MR) is 84.9 cm³/mol. The summed E-state index contributed by atoms with van der Waals surface area (Å²) in [7, 11) is 2.10. The lowest BCUT2D eigenvalue weighted by atomic mass is 10.1. The van der Waals surface area contributed by atoms with Gasteiger partial charge in [-0.15, -0.1) is 11.8 Å². The number of rotatable bonds is 6. The SMILES string of the molecule is CSc1ccc(C(CN)N(C)Cc2ccoc2C)cc1. The Morgan fingerprint density at radius 3 is 2.45 bits per heavy atom. The van der Waals surface area contributed by atoms with Crippen molar-refractivity contribution < 1.29 is 4.42 Å². The Morgan fingerprint density at radius 1 is 1.25 bits per heavy atom. The third kappa shape index (κ3) is 3.45. The van der Waals surface area contributed by atoms with Gasteiger partial charge in [-0.05, 0) is 44.0 Å². The summed E-state index contributed by atoms with van der Waals surface area (Å²) < 4.78 is 5.35. The van der Waals surface area contributed by atoms with Crippen LogP contribution >= 0.6 is 11.8 Å². The molecule has 0 radical (unpaired) electrons. The van der Waals surface area contributed by atoms with Crippen LogP contribution in [0.5, 0.6) is 0 Å². The lowest BCUT2D eigenvalue weighted by Gasteiger charge is -2.27. The Hall–Kier alpha value is -1.23. The molecule has 0 bridgehead atoms. The van der Waals surface area contributed by atoms with E-state index in [1.807, 2.05) is 13.0 Å². The van der Waals surface area contributed by atoms with E-state index in [1.165, 1.54) is 16.0 Å². The van der Waals surface area contributed by atoms with Gasteiger partial charge in [0.25, 0.3) is 0 Å². The van der Waals surface area contributed by atoms with Crippen LogP contribution in [0.2, 0.25) is 0 Å². The molecule has 1 atom stereocenters. The van der Waals surface area contributed by atoms with Gasteiger partial charge in [-0.25, -0.2) is 0 Å². The number of benzene rings is 1. The first-order valence-electron chi connectivity index (χ1n) is 6.73. The topological polar surface area (TPSA) is 42.4 Å². The molecule has 0 saturated carbocycles. The number of nitrogens with two attached hydrogens (primary N) is 1. The lowest BCUT2D eigenvalue weighted by Crippen LogP contribution is -2.30. The zero-order chi connectivity index (χ0) is 14.5. The highest BCUT2D eigenvalue weighted by atomic mass is 32.2. The van der Waals surface area contributed by atoms with Gasteiger partial charge in [0.05, 0.1) is 6.26 Å². The van der Waals surface area contributed by atoms with Crippen LogP contribution in [0, 0.1) is 6.92 Å². The van der Waals surface area contributed by atoms with Crippen molar-refractivity contribution in [3.05, 3.63) is 53.5 Å². The molecule has 0 spiro atoms. The maximum atomic E-state index is 5.97. The number of aryl methyl sites for hydroxylation is 1. The third-order valence-electron chi connectivity index (χ3n) is 3.64. The second-order valence-electron chi connectivity index (χ2n) is 4.94. The standard InChI is InChI=1S/C16H22N2OS/c1-12-14(8-9-19-12)11-18(2)16(10-17)13-4-6-15(20-3)7-5-13/h4-9,16H,10-11,17H2,1-3H3. The molecule has 0 aliphatic carbocycles. The van der Waals surface area contributed by atoms with E-state index < -0.39 is 0 Å². The van der Waals surface area contributed by atoms with Crippen molar-refractivity contribution in [2.75, 3.05) is 19.8 Å². The molecule has 2 rings (SSSR count). The van der Waals surface area contributed by atoms with Gasteiger partial charge in [0.1, 0.15) is 5.76 Å². The molecular formula is C16H22N2OS. The highest BCUT2D eigenvalue weighted by molar-refractivity contribution is 7.98. The monoisotopic (exact) mass is 290 g/mol. The Balaban J connectivity index is 2.12. The lowest BCUT2D eigenvalue weighted by molar-refractivity contribution is 0.240. The Labute approximate surface area is 125 Å². The van der Waals surface area contributed by atoms with Crippen LogP contribution in [0.3, 0.4) is 0 Å². The van der Waals surface area contributed by atoms with E-state index in [4.69, 9.17) is 10.2 Å². The van der Waals surface area contributed by atoms with Crippen molar-refractivity contribution in [3.63, 3.8) is 0 Å². The minimum absolute atomic E-state index is 0.222. The summed E-state index contributed by atoms with van der Waals surface area (Å²) >= 11 is 1.75. The van der Waals surface area contributed by atoms with Gasteiger partial charge in [0.15, 0.2) is 0 Å². The molecule has 3 nitrogen and oxygen atoms in total. The van der Waals surface area contributed by atoms with Crippen molar-refractivity contribution in [1.82, 2.24) is 4.90 Å². The second-order valence-corrected chi connectivity index (χ2v) is 5.82. The third-order valence-corrected chi connectivity index (χ3v) is 4.39. The van der Waals surface area contributed by atoms with Crippen molar-refractivity contribution in [2.24, 2.45) is 5.73 Å². The number of thioether (sulfide) groups is 1. The molecule has 0 aliphatic rings. The fraction of sp³-hybridized carbons (Fsp3) is 0.375. The van der Waals surface area contributed by atoms with E-state index >= 15 is 0 Å². The van der Waals surface area contributed by atoms with Crippen molar-refractivity contribution >= 4 is 11.8 Å². The van der Waals surface area contributed by atoms with E-state index in [-0.39, 0.29) is 6.04 Å². The summed E-state index contributed by atoms with van der Waals surface area (Å²) in [6, 6.07) is 10.9. The highest BCUT2D eigenvalue weighted by Gasteiger charge is 2.17. The zero-order valence-electron chi connectivity index (χ0n) is 12.3. The quantitative estimate of drug-likeness (QED) is 0.828. The number of hydrogen-bond donors (Lipinski definition) is 1. The molecular weight excluding hydrogens is 268 g/mol. The van der Waals surface area contributed by atoms with Gasteiger partial charge in [0, 0.05) is 29.6 Å². The highest BCUT2D eigenvalue weighted by Crippen LogP contribution is 2.24. The zero-order valence-corrected chi connectivity index (χ0v) is 13.1. The van der Waals surface area contributed by atoms with Gasteiger partial charge in [-0.3, -0.25) is 4.90 Å². The molecule has 1 aromatic carbocycles. The fourth-order valence-electron chi connectivity index (χ4n) is 2.35. The molecule has 20 heavy (non-hydrogen) atoms. The molecule has 0 saturated heterocycles. The van der Waals surface area contributed by atoms with Crippen LogP contribution in [0.1, 0.15) is 22.9 Å². The summed E-state index contributed by atoms with van der Waals surface area (Å²) in [6.45, 7) is 3.44. The first-order valence-corrected chi connectivity index (χ1v) is 7.95. The van der Waals surface area contributed by atoms with Crippen LogP contribution in [0.25, 0.3) is 0 Å². The van der Waals surface area contributed by atoms with Crippen LogP contribution in [-0.4, -0.2) is 24.7 Å². The number of hydrogen-bond acceptors (Lipinski definition) is 4. The van der Waals surface area contributed by atoms with E-state index in [1.54, 1.807) is 18.0 Å². The van der Waals surface area contributed by atoms with Gasteiger partial charge < -0.3 is 10.2 Å². The minimum Gasteiger partial charge on any atom is -0.469 e. The molecule has 108 valence electrons. The van der Waals surface area contributed by atoms with Gasteiger partial charge >= 0.3 is 0 Å². The van der Waals surface area contributed by atoms with Gasteiger partial charge in [-0.1, -0.05) is 12.1 Å². The first-order chi connectivity index (χ1) is 9.65. The van der Waals surface area contributed by atoms with Crippen molar-refractivity contribution in [2.45, 2.75) is 24.4 Å². The van der Waals surface area contributed by atoms with E-state index in [0.29, 0.717) is 6.54 Å². The van der Waals surface area contributed by atoms with Crippen LogP contribution in [0.4, 0.5) is 0 Å². The largest absolute Gasteiger partial charge is 0.469 e. The van der Waals surface area contributed by atoms with Crippen LogP contribution in [0.15, 0.2) is 45.9 Å². The molecule has 2 N–H and O–H groups in total. The molecule has 0 amide bonds. The second kappa shape index (κ2) is 6.97. The number of likely N-dealkylation sites (N-methyl/N-ethyl adjacent to an activating group) is 1. The normalized spacial score (nSPS) is 12.8. The maximum absolute atomic E-state index is 5.97. The molecule has 1 aromatic heterocycles. The molecule has 1 heterocycles. The summed E-state index contributed by atoms with van der Waals surface area (Å²) in [5.41, 5.74) is 8.45. The Morgan fingerprint density at radius 2 is 1.95 bits per heavy atom. The van der Waals surface area contributed by atoms with Crippen LogP contribution < -0.4 is 5.73 Å². The average molecular weight is 290 g/mol. The molecule has 4 heteroatoms.